The van der Waals surface area contributed by atoms with E-state index in [1.807, 2.05) is 48.5 Å². The third-order valence-electron chi connectivity index (χ3n) is 9.20. The lowest BCUT2D eigenvalue weighted by atomic mass is 10.0. The second-order valence-electron chi connectivity index (χ2n) is 13.3. The summed E-state index contributed by atoms with van der Waals surface area (Å²) in [4.78, 5) is 33.9. The number of carbonyl (C=O) groups is 2. The molecule has 4 aromatic carbocycles. The second kappa shape index (κ2) is 20.6. The van der Waals surface area contributed by atoms with E-state index in [4.69, 9.17) is 25.8 Å². The highest BCUT2D eigenvalue weighted by Gasteiger charge is 2.24. The van der Waals surface area contributed by atoms with Crippen molar-refractivity contribution in [1.29, 1.82) is 0 Å². The molecule has 57 heavy (non-hydrogen) atoms. The number of aromatic nitrogens is 2. The summed E-state index contributed by atoms with van der Waals surface area (Å²) in [5, 5.41) is 9.79. The van der Waals surface area contributed by atoms with Crippen molar-refractivity contribution >= 4 is 118 Å². The predicted molar refractivity (Wildman–Crippen MR) is 239 cm³/mol. The van der Waals surface area contributed by atoms with Crippen LogP contribution in [0.2, 0.25) is 5.02 Å². The number of amides is 2. The van der Waals surface area contributed by atoms with E-state index in [1.54, 1.807) is 13.2 Å². The highest BCUT2D eigenvalue weighted by molar-refractivity contribution is 14.1. The van der Waals surface area contributed by atoms with Gasteiger partial charge in [-0.3, -0.25) is 9.59 Å². The van der Waals surface area contributed by atoms with Gasteiger partial charge in [-0.05, 0) is 134 Å². The van der Waals surface area contributed by atoms with Gasteiger partial charge in [0.15, 0.2) is 18.1 Å². The Morgan fingerprint density at radius 1 is 0.912 bits per heavy atom. The van der Waals surface area contributed by atoms with Crippen LogP contribution < -0.4 is 30.2 Å². The molecule has 0 saturated heterocycles. The first-order valence-electron chi connectivity index (χ1n) is 18.5. The van der Waals surface area contributed by atoms with Gasteiger partial charge >= 0.3 is 0 Å². The van der Waals surface area contributed by atoms with Gasteiger partial charge in [0, 0.05) is 44.1 Å². The quantitative estimate of drug-likeness (QED) is 0.0424. The Hall–Kier alpha value is -3.99. The van der Waals surface area contributed by atoms with Crippen LogP contribution >= 0.6 is 66.1 Å². The molecule has 1 aliphatic rings. The molecule has 0 bridgehead atoms. The smallest absolute Gasteiger partial charge is 0.257 e. The van der Waals surface area contributed by atoms with Crippen LogP contribution in [0.15, 0.2) is 75.9 Å². The van der Waals surface area contributed by atoms with Crippen molar-refractivity contribution in [3.63, 3.8) is 0 Å². The summed E-state index contributed by atoms with van der Waals surface area (Å²) in [5.41, 5.74) is 4.35. The second-order valence-corrected chi connectivity index (χ2v) is 16.7. The molecule has 0 saturated carbocycles. The molecule has 0 unspecified atom stereocenters. The lowest BCUT2D eigenvalue weighted by molar-refractivity contribution is -0.123. The van der Waals surface area contributed by atoms with Gasteiger partial charge in [0.1, 0.15) is 23.7 Å². The first-order valence-corrected chi connectivity index (χ1v) is 21.5. The summed E-state index contributed by atoms with van der Waals surface area (Å²) < 4.78 is 33.6. The topological polar surface area (TPSA) is 124 Å². The van der Waals surface area contributed by atoms with Crippen LogP contribution in [0.1, 0.15) is 62.5 Å². The molecular formula is C42H40Br2ClFIN5O5. The van der Waals surface area contributed by atoms with E-state index >= 15 is 0 Å². The third kappa shape index (κ3) is 11.6. The summed E-state index contributed by atoms with van der Waals surface area (Å²) >= 11 is 15.3. The Labute approximate surface area is 366 Å². The summed E-state index contributed by atoms with van der Waals surface area (Å²) in [6.07, 6.45) is 11.7. The van der Waals surface area contributed by atoms with Gasteiger partial charge < -0.3 is 30.2 Å². The highest BCUT2D eigenvalue weighted by Crippen LogP contribution is 2.39. The minimum absolute atomic E-state index is 0.0185. The monoisotopic (exact) mass is 1030 g/mol. The minimum atomic E-state index is -0.492. The Morgan fingerprint density at radius 2 is 1.65 bits per heavy atom. The molecule has 0 spiro atoms. The van der Waals surface area contributed by atoms with E-state index in [-0.39, 0.29) is 23.4 Å². The molecule has 0 aliphatic carbocycles. The van der Waals surface area contributed by atoms with E-state index in [1.165, 1.54) is 18.5 Å². The first kappa shape index (κ1) is 42.6. The Morgan fingerprint density at radius 3 is 2.39 bits per heavy atom. The zero-order valence-corrected chi connectivity index (χ0v) is 37.1. The van der Waals surface area contributed by atoms with Crippen molar-refractivity contribution in [2.75, 3.05) is 37.5 Å². The van der Waals surface area contributed by atoms with E-state index in [9.17, 15) is 14.0 Å². The number of benzene rings is 4. The number of nitrogens with zero attached hydrogens (tertiary/aromatic N) is 2. The fourth-order valence-electron chi connectivity index (χ4n) is 6.30. The number of unbranched alkanes of at least 4 members (excludes halogenated alkanes) is 7. The summed E-state index contributed by atoms with van der Waals surface area (Å²) in [7, 11) is 1.59. The number of ether oxygens (including phenoxy) is 3. The van der Waals surface area contributed by atoms with Gasteiger partial charge in [0.2, 0.25) is 0 Å². The Kier molecular flexibility index (Phi) is 15.4. The normalized spacial score (nSPS) is 12.7. The molecule has 2 heterocycles. The average molecular weight is 1040 g/mol. The third-order valence-corrected chi connectivity index (χ3v) is 11.3. The number of halogens is 5. The van der Waals surface area contributed by atoms with Crippen molar-refractivity contribution in [1.82, 2.24) is 15.3 Å². The number of hydrogen-bond acceptors (Lipinski definition) is 8. The van der Waals surface area contributed by atoms with Gasteiger partial charge in [0.05, 0.1) is 33.2 Å². The standard InChI is InChI=1S/C42H40Br2ClFIN5O5/c1-55-37-22-36-30(41(50-24-49-36)51-27-11-12-34(46)33(45)20-27)21-38(37)56-15-9-7-5-3-2-4-6-8-14-48-39(53)23-57-40-31(43)17-25(18-32(40)44)16-29-28-19-26(47)10-13-35(28)52-42(29)54/h10-13,16-22,24H,2-9,14-15,23H2,1H3,(H,48,53)(H,52,54)(H,49,50,51)/b29-16-. The number of rotatable bonds is 19. The maximum absolute atomic E-state index is 13.6. The van der Waals surface area contributed by atoms with Crippen LogP contribution in [0.5, 0.6) is 17.2 Å². The van der Waals surface area contributed by atoms with E-state index < -0.39 is 5.82 Å². The molecule has 3 N–H and O–H groups in total. The van der Waals surface area contributed by atoms with E-state index in [2.05, 4.69) is 80.4 Å². The lowest BCUT2D eigenvalue weighted by Crippen LogP contribution is -2.29. The molecule has 1 aliphatic heterocycles. The van der Waals surface area contributed by atoms with Crippen LogP contribution in [0.25, 0.3) is 22.6 Å². The van der Waals surface area contributed by atoms with Gasteiger partial charge in [-0.25, -0.2) is 14.4 Å². The number of nitrogens with one attached hydrogen (secondary N) is 3. The van der Waals surface area contributed by atoms with E-state index in [0.29, 0.717) is 61.9 Å². The summed E-state index contributed by atoms with van der Waals surface area (Å²) in [6, 6.07) is 17.6. The number of methoxy groups -OCH3 is 1. The Bertz CT molecular complexity index is 2280. The molecule has 2 amide bonds. The molecule has 0 radical (unpaired) electrons. The van der Waals surface area contributed by atoms with Crippen LogP contribution in [-0.4, -0.2) is 48.7 Å². The maximum atomic E-state index is 13.6. The van der Waals surface area contributed by atoms with Crippen LogP contribution in [-0.2, 0) is 9.59 Å². The highest BCUT2D eigenvalue weighted by atomic mass is 127. The molecule has 298 valence electrons. The number of hydrogen-bond donors (Lipinski definition) is 3. The van der Waals surface area contributed by atoms with Crippen LogP contribution in [0.3, 0.4) is 0 Å². The number of anilines is 3. The van der Waals surface area contributed by atoms with Gasteiger partial charge in [-0.2, -0.15) is 0 Å². The average Bonchev–Trinajstić information content (AvgIpc) is 3.49. The molecule has 5 aromatic rings. The van der Waals surface area contributed by atoms with Crippen molar-refractivity contribution in [2.24, 2.45) is 0 Å². The van der Waals surface area contributed by atoms with Gasteiger partial charge in [-0.15, -0.1) is 0 Å². The van der Waals surface area contributed by atoms with Gasteiger partial charge in [0.25, 0.3) is 11.8 Å². The fourth-order valence-corrected chi connectivity index (χ4v) is 8.43. The van der Waals surface area contributed by atoms with Crippen molar-refractivity contribution in [3.05, 3.63) is 101 Å². The SMILES string of the molecule is COc1cc2ncnc(Nc3ccc(F)c(Cl)c3)c2cc1OCCCCCCCCCCNC(=O)COc1c(Br)cc(/C=C2\C(=O)Nc3ccc(I)cc32)cc1Br. The predicted octanol–water partition coefficient (Wildman–Crippen LogP) is 11.5. The van der Waals surface area contributed by atoms with Gasteiger partial charge in [-0.1, -0.05) is 50.1 Å². The minimum Gasteiger partial charge on any atom is -0.493 e. The molecule has 6 rings (SSSR count). The molecule has 15 heteroatoms. The van der Waals surface area contributed by atoms with Crippen molar-refractivity contribution in [3.8, 4) is 17.2 Å². The lowest BCUT2D eigenvalue weighted by Gasteiger charge is -2.14. The van der Waals surface area contributed by atoms with E-state index in [0.717, 1.165) is 77.1 Å². The van der Waals surface area contributed by atoms with Crippen molar-refractivity contribution in [2.45, 2.75) is 51.4 Å². The first-order chi connectivity index (χ1) is 27.6. The van der Waals surface area contributed by atoms with Crippen molar-refractivity contribution < 1.29 is 28.2 Å². The molecule has 0 fully saturated rings. The number of carbonyl (C=O) groups excluding carboxylic acids is 2. The number of fused-ring (bicyclic) bond motifs is 2. The largest absolute Gasteiger partial charge is 0.493 e. The molecule has 1 aromatic heterocycles. The Balaban J connectivity index is 0.844. The maximum Gasteiger partial charge on any atom is 0.257 e. The van der Waals surface area contributed by atoms with Crippen LogP contribution in [0.4, 0.5) is 21.6 Å². The summed E-state index contributed by atoms with van der Waals surface area (Å²) in [6.45, 7) is 1.03. The molecule has 10 nitrogen and oxygen atoms in total. The fraction of sp³-hybridized carbons (Fsp3) is 0.286. The zero-order chi connectivity index (χ0) is 40.3. The van der Waals surface area contributed by atoms with Crippen LogP contribution in [0, 0.1) is 9.39 Å². The zero-order valence-electron chi connectivity index (χ0n) is 31.0. The summed E-state index contributed by atoms with van der Waals surface area (Å²) in [5.74, 6) is 1.42. The molecule has 0 atom stereocenters. The molecular weight excluding hydrogens is 996 g/mol.